The van der Waals surface area contributed by atoms with E-state index in [1.165, 1.54) is 148 Å². The molecular formula is C53H96O5. The van der Waals surface area contributed by atoms with Crippen LogP contribution >= 0.6 is 0 Å². The number of unbranched alkanes of at least 4 members (excludes halogenated alkanes) is 27. The number of esters is 2. The summed E-state index contributed by atoms with van der Waals surface area (Å²) in [5.41, 5.74) is 0. The Kier molecular flexibility index (Phi) is 47.4. The lowest BCUT2D eigenvalue weighted by Gasteiger charge is -2.18. The largest absolute Gasteiger partial charge is 0.462 e. The van der Waals surface area contributed by atoms with Crippen molar-refractivity contribution in [3.63, 3.8) is 0 Å². The van der Waals surface area contributed by atoms with Crippen LogP contribution in [0.15, 0.2) is 48.6 Å². The Labute approximate surface area is 361 Å². The first kappa shape index (κ1) is 55.9. The second-order valence-electron chi connectivity index (χ2n) is 16.7. The molecule has 0 heterocycles. The highest BCUT2D eigenvalue weighted by atomic mass is 16.6. The zero-order valence-corrected chi connectivity index (χ0v) is 38.8. The van der Waals surface area contributed by atoms with E-state index in [9.17, 15) is 9.59 Å². The molecular weight excluding hydrogens is 717 g/mol. The van der Waals surface area contributed by atoms with Crippen molar-refractivity contribution >= 4 is 11.9 Å². The summed E-state index contributed by atoms with van der Waals surface area (Å²) < 4.78 is 17.4. The molecule has 0 aliphatic rings. The van der Waals surface area contributed by atoms with Gasteiger partial charge in [-0.2, -0.15) is 0 Å². The van der Waals surface area contributed by atoms with Gasteiger partial charge in [0.15, 0.2) is 6.10 Å². The van der Waals surface area contributed by atoms with Gasteiger partial charge in [0.2, 0.25) is 0 Å². The Morgan fingerprint density at radius 1 is 0.397 bits per heavy atom. The van der Waals surface area contributed by atoms with Gasteiger partial charge < -0.3 is 14.2 Å². The lowest BCUT2D eigenvalue weighted by Crippen LogP contribution is -2.30. The fourth-order valence-electron chi connectivity index (χ4n) is 7.15. The van der Waals surface area contributed by atoms with E-state index in [1.807, 2.05) is 0 Å². The van der Waals surface area contributed by atoms with Crippen molar-refractivity contribution in [2.45, 2.75) is 258 Å². The number of carbonyl (C=O) groups is 2. The second-order valence-corrected chi connectivity index (χ2v) is 16.7. The van der Waals surface area contributed by atoms with Gasteiger partial charge in [0.05, 0.1) is 6.61 Å². The van der Waals surface area contributed by atoms with Crippen LogP contribution in [0.1, 0.15) is 252 Å². The Balaban J connectivity index is 4.29. The normalized spacial score (nSPS) is 12.5. The van der Waals surface area contributed by atoms with E-state index >= 15 is 0 Å². The summed E-state index contributed by atoms with van der Waals surface area (Å²) in [6.45, 7) is 7.70. The molecule has 0 aliphatic carbocycles. The van der Waals surface area contributed by atoms with Crippen molar-refractivity contribution < 1.29 is 23.8 Å². The molecule has 0 fully saturated rings. The lowest BCUT2D eigenvalue weighted by molar-refractivity contribution is -0.163. The zero-order chi connectivity index (χ0) is 42.1. The molecule has 0 amide bonds. The smallest absolute Gasteiger partial charge is 0.306 e. The van der Waals surface area contributed by atoms with Gasteiger partial charge in [-0.25, -0.2) is 0 Å². The standard InChI is InChI=1S/C53H96O5/c1-4-7-10-13-16-19-22-25-27-29-31-34-37-40-43-46-52(54)57-50-51(49-56-48-45-42-39-36-33-24-21-18-15-12-9-6-3)58-53(55)47-44-41-38-35-32-30-28-26-23-20-17-14-11-8-5-2/h7,10,16,19,25,27,31,34,51H,4-6,8-9,11-15,17-18,20-24,26,28-30,32-33,35-50H2,1-3H3/b10-7-,19-16-,27-25-,34-31-. The molecule has 0 aromatic heterocycles. The van der Waals surface area contributed by atoms with Gasteiger partial charge in [0, 0.05) is 19.4 Å². The average molecular weight is 813 g/mol. The molecule has 1 atom stereocenters. The van der Waals surface area contributed by atoms with Crippen LogP contribution in [0, 0.1) is 0 Å². The van der Waals surface area contributed by atoms with Crippen molar-refractivity contribution in [1.82, 2.24) is 0 Å². The first-order valence-electron chi connectivity index (χ1n) is 25.2. The molecule has 0 spiro atoms. The van der Waals surface area contributed by atoms with Crippen LogP contribution in [0.2, 0.25) is 0 Å². The van der Waals surface area contributed by atoms with Crippen molar-refractivity contribution in [2.24, 2.45) is 0 Å². The maximum absolute atomic E-state index is 12.8. The van der Waals surface area contributed by atoms with E-state index in [0.29, 0.717) is 19.4 Å². The maximum atomic E-state index is 12.8. The van der Waals surface area contributed by atoms with Crippen molar-refractivity contribution in [3.8, 4) is 0 Å². The van der Waals surface area contributed by atoms with Gasteiger partial charge in [-0.05, 0) is 57.8 Å². The molecule has 0 radical (unpaired) electrons. The molecule has 5 heteroatoms. The van der Waals surface area contributed by atoms with Crippen LogP contribution < -0.4 is 0 Å². The zero-order valence-electron chi connectivity index (χ0n) is 38.8. The molecule has 58 heavy (non-hydrogen) atoms. The molecule has 0 aromatic carbocycles. The van der Waals surface area contributed by atoms with E-state index in [0.717, 1.165) is 70.6 Å². The van der Waals surface area contributed by atoms with Gasteiger partial charge in [-0.3, -0.25) is 9.59 Å². The summed E-state index contributed by atoms with van der Waals surface area (Å²) in [5, 5.41) is 0. The monoisotopic (exact) mass is 813 g/mol. The molecule has 0 aromatic rings. The van der Waals surface area contributed by atoms with Crippen LogP contribution in [-0.2, 0) is 23.8 Å². The van der Waals surface area contributed by atoms with Gasteiger partial charge in [0.25, 0.3) is 0 Å². The first-order chi connectivity index (χ1) is 28.6. The molecule has 338 valence electrons. The Bertz CT molecular complexity index is 966. The quantitative estimate of drug-likeness (QED) is 0.0348. The Hall–Kier alpha value is -2.14. The minimum Gasteiger partial charge on any atom is -0.462 e. The van der Waals surface area contributed by atoms with Gasteiger partial charge >= 0.3 is 11.9 Å². The number of carbonyl (C=O) groups excluding carboxylic acids is 2. The van der Waals surface area contributed by atoms with Gasteiger partial charge in [-0.1, -0.05) is 230 Å². The van der Waals surface area contributed by atoms with Crippen LogP contribution in [-0.4, -0.2) is 37.9 Å². The molecule has 0 aliphatic heterocycles. The van der Waals surface area contributed by atoms with Crippen LogP contribution in [0.5, 0.6) is 0 Å². The van der Waals surface area contributed by atoms with Crippen molar-refractivity contribution in [3.05, 3.63) is 48.6 Å². The molecule has 1 unspecified atom stereocenters. The van der Waals surface area contributed by atoms with Gasteiger partial charge in [0.1, 0.15) is 6.61 Å². The topological polar surface area (TPSA) is 61.8 Å². The van der Waals surface area contributed by atoms with Crippen molar-refractivity contribution in [1.29, 1.82) is 0 Å². The van der Waals surface area contributed by atoms with Crippen LogP contribution in [0.25, 0.3) is 0 Å². The molecule has 5 nitrogen and oxygen atoms in total. The average Bonchev–Trinajstić information content (AvgIpc) is 3.22. The Morgan fingerprint density at radius 2 is 0.776 bits per heavy atom. The van der Waals surface area contributed by atoms with Gasteiger partial charge in [-0.15, -0.1) is 0 Å². The fourth-order valence-corrected chi connectivity index (χ4v) is 7.15. The minimum absolute atomic E-state index is 0.0682. The fraction of sp³-hybridized carbons (Fsp3) is 0.811. The summed E-state index contributed by atoms with van der Waals surface area (Å²) in [6, 6.07) is 0. The number of hydrogen-bond donors (Lipinski definition) is 0. The van der Waals surface area contributed by atoms with E-state index in [2.05, 4.69) is 69.4 Å². The SMILES string of the molecule is CC/C=C\C/C=C\C/C=C\C/C=C\CCCCC(=O)OCC(COCCCCCCCCCCCCCC)OC(=O)CCCCCCCCCCCCCCCCC. The highest BCUT2D eigenvalue weighted by Gasteiger charge is 2.17. The third kappa shape index (κ3) is 46.5. The predicted molar refractivity (Wildman–Crippen MR) is 251 cm³/mol. The van der Waals surface area contributed by atoms with Crippen LogP contribution in [0.3, 0.4) is 0 Å². The molecule has 0 rings (SSSR count). The third-order valence-corrected chi connectivity index (χ3v) is 10.9. The summed E-state index contributed by atoms with van der Waals surface area (Å²) in [5.74, 6) is -0.433. The van der Waals surface area contributed by atoms with Crippen molar-refractivity contribution in [2.75, 3.05) is 19.8 Å². The minimum atomic E-state index is -0.547. The summed E-state index contributed by atoms with van der Waals surface area (Å²) in [4.78, 5) is 25.3. The number of hydrogen-bond acceptors (Lipinski definition) is 5. The highest BCUT2D eigenvalue weighted by molar-refractivity contribution is 5.70. The lowest BCUT2D eigenvalue weighted by atomic mass is 10.0. The van der Waals surface area contributed by atoms with E-state index in [1.54, 1.807) is 0 Å². The summed E-state index contributed by atoms with van der Waals surface area (Å²) in [6.07, 6.45) is 59.7. The van der Waals surface area contributed by atoms with E-state index in [-0.39, 0.29) is 25.2 Å². The van der Waals surface area contributed by atoms with Crippen LogP contribution in [0.4, 0.5) is 0 Å². The Morgan fingerprint density at radius 3 is 1.24 bits per heavy atom. The first-order valence-corrected chi connectivity index (χ1v) is 25.2. The maximum Gasteiger partial charge on any atom is 0.306 e. The molecule has 0 N–H and O–H groups in total. The third-order valence-electron chi connectivity index (χ3n) is 10.9. The number of ether oxygens (including phenoxy) is 3. The second kappa shape index (κ2) is 49.2. The number of rotatable bonds is 46. The summed E-state index contributed by atoms with van der Waals surface area (Å²) >= 11 is 0. The molecule has 0 saturated heterocycles. The molecule has 0 saturated carbocycles. The highest BCUT2D eigenvalue weighted by Crippen LogP contribution is 2.15. The van der Waals surface area contributed by atoms with E-state index < -0.39 is 6.10 Å². The van der Waals surface area contributed by atoms with E-state index in [4.69, 9.17) is 14.2 Å². The number of allylic oxidation sites excluding steroid dienone is 8. The summed E-state index contributed by atoms with van der Waals surface area (Å²) in [7, 11) is 0. The molecule has 0 bridgehead atoms. The predicted octanol–water partition coefficient (Wildman–Crippen LogP) is 16.8.